The fourth-order valence-electron chi connectivity index (χ4n) is 1.60. The molecule has 0 aliphatic rings. The molecule has 0 saturated carbocycles. The number of aromatic nitrogens is 3. The Balaban J connectivity index is 2.03. The van der Waals surface area contributed by atoms with Crippen LogP contribution in [0.1, 0.15) is 19.8 Å². The largest absolute Gasteiger partial charge is 0.368 e. The van der Waals surface area contributed by atoms with E-state index in [-0.39, 0.29) is 0 Å². The number of hydrogen-bond acceptors (Lipinski definition) is 3. The Labute approximate surface area is 99.6 Å². The molecule has 1 N–H and O–H groups in total. The smallest absolute Gasteiger partial charge is 0.157 e. The van der Waals surface area contributed by atoms with Gasteiger partial charge in [-0.05, 0) is 25.8 Å². The highest BCUT2D eigenvalue weighted by atomic mass is 35.5. The molecule has 0 aromatic carbocycles. The Bertz CT molecular complexity index is 454. The first-order valence-corrected chi connectivity index (χ1v) is 5.96. The van der Waals surface area contributed by atoms with Crippen LogP contribution in [0.15, 0.2) is 24.5 Å². The van der Waals surface area contributed by atoms with E-state index >= 15 is 0 Å². The van der Waals surface area contributed by atoms with Crippen molar-refractivity contribution in [3.05, 3.63) is 24.5 Å². The van der Waals surface area contributed by atoms with Gasteiger partial charge < -0.3 is 5.32 Å². The summed E-state index contributed by atoms with van der Waals surface area (Å²) in [7, 11) is 0. The predicted octanol–water partition coefficient (Wildman–Crippen LogP) is 2.55. The quantitative estimate of drug-likeness (QED) is 0.814. The van der Waals surface area contributed by atoms with Crippen LogP contribution in [-0.2, 0) is 0 Å². The number of rotatable bonds is 5. The van der Waals surface area contributed by atoms with Gasteiger partial charge in [0.25, 0.3) is 0 Å². The Morgan fingerprint density at radius 1 is 1.50 bits per heavy atom. The van der Waals surface area contributed by atoms with Crippen LogP contribution in [0.25, 0.3) is 5.65 Å². The summed E-state index contributed by atoms with van der Waals surface area (Å²) in [5, 5.41) is 7.45. The first-order chi connectivity index (χ1) is 7.79. The maximum Gasteiger partial charge on any atom is 0.157 e. The molecule has 4 nitrogen and oxygen atoms in total. The van der Waals surface area contributed by atoms with E-state index < -0.39 is 0 Å². The number of nitrogens with zero attached hydrogens (tertiary/aromatic N) is 3. The van der Waals surface area contributed by atoms with Gasteiger partial charge in [0.1, 0.15) is 5.82 Å². The molecule has 2 heterocycles. The second kappa shape index (κ2) is 5.16. The van der Waals surface area contributed by atoms with Gasteiger partial charge in [-0.25, -0.2) is 9.50 Å². The van der Waals surface area contributed by atoms with E-state index in [0.29, 0.717) is 11.9 Å². The zero-order valence-corrected chi connectivity index (χ0v) is 9.98. The van der Waals surface area contributed by atoms with Gasteiger partial charge >= 0.3 is 0 Å². The van der Waals surface area contributed by atoms with Crippen LogP contribution >= 0.6 is 11.6 Å². The molecule has 0 spiro atoms. The number of hydrogen-bond donors (Lipinski definition) is 1. The van der Waals surface area contributed by atoms with Gasteiger partial charge in [-0.3, -0.25) is 0 Å². The van der Waals surface area contributed by atoms with Gasteiger partial charge in [-0.2, -0.15) is 5.10 Å². The molecule has 0 aliphatic carbocycles. The lowest BCUT2D eigenvalue weighted by Crippen LogP contribution is -2.16. The molecule has 2 aromatic heterocycles. The molecule has 0 aliphatic heterocycles. The van der Waals surface area contributed by atoms with Crippen LogP contribution in [0.5, 0.6) is 0 Å². The average molecular weight is 239 g/mol. The number of anilines is 1. The average Bonchev–Trinajstić information content (AvgIpc) is 2.73. The first-order valence-electron chi connectivity index (χ1n) is 5.42. The highest BCUT2D eigenvalue weighted by Gasteiger charge is 2.03. The number of halogens is 1. The molecular formula is C11H15ClN4. The van der Waals surface area contributed by atoms with E-state index in [1.165, 1.54) is 0 Å². The molecule has 0 fully saturated rings. The summed E-state index contributed by atoms with van der Waals surface area (Å²) in [4.78, 5) is 4.44. The third-order valence-corrected chi connectivity index (χ3v) is 2.69. The maximum atomic E-state index is 5.66. The first kappa shape index (κ1) is 11.2. The fourth-order valence-corrected chi connectivity index (χ4v) is 1.76. The summed E-state index contributed by atoms with van der Waals surface area (Å²) in [5.74, 6) is 1.59. The maximum absolute atomic E-state index is 5.66. The lowest BCUT2D eigenvalue weighted by Gasteiger charge is -2.13. The van der Waals surface area contributed by atoms with Crippen molar-refractivity contribution in [2.45, 2.75) is 25.8 Å². The minimum Gasteiger partial charge on any atom is -0.368 e. The van der Waals surface area contributed by atoms with Crippen LogP contribution in [0.4, 0.5) is 5.82 Å². The Kier molecular flexibility index (Phi) is 3.62. The summed E-state index contributed by atoms with van der Waals surface area (Å²) in [5.41, 5.74) is 0.856. The molecule has 2 rings (SSSR count). The Morgan fingerprint density at radius 2 is 2.38 bits per heavy atom. The Hall–Kier alpha value is -1.29. The van der Waals surface area contributed by atoms with Gasteiger partial charge in [-0.15, -0.1) is 11.6 Å². The lowest BCUT2D eigenvalue weighted by atomic mass is 10.2. The zero-order chi connectivity index (χ0) is 11.4. The van der Waals surface area contributed by atoms with Crippen molar-refractivity contribution >= 4 is 23.1 Å². The monoisotopic (exact) mass is 238 g/mol. The van der Waals surface area contributed by atoms with Crippen LogP contribution in [-0.4, -0.2) is 26.5 Å². The summed E-state index contributed by atoms with van der Waals surface area (Å²) < 4.78 is 1.74. The fraction of sp³-hybridized carbons (Fsp3) is 0.455. The highest BCUT2D eigenvalue weighted by Crippen LogP contribution is 2.09. The van der Waals surface area contributed by atoms with Crippen LogP contribution in [0.2, 0.25) is 0 Å². The SMILES string of the molecule is CC(CCCCl)Nc1ccn2nccc2n1. The van der Waals surface area contributed by atoms with Crippen molar-refractivity contribution in [2.75, 3.05) is 11.2 Å². The van der Waals surface area contributed by atoms with E-state index in [9.17, 15) is 0 Å². The van der Waals surface area contributed by atoms with Crippen molar-refractivity contribution in [3.8, 4) is 0 Å². The van der Waals surface area contributed by atoms with E-state index in [1.807, 2.05) is 18.3 Å². The molecule has 2 aromatic rings. The van der Waals surface area contributed by atoms with Gasteiger partial charge in [-0.1, -0.05) is 0 Å². The van der Waals surface area contributed by atoms with Crippen LogP contribution in [0, 0.1) is 0 Å². The number of nitrogens with one attached hydrogen (secondary N) is 1. The van der Waals surface area contributed by atoms with E-state index in [1.54, 1.807) is 10.7 Å². The normalized spacial score (nSPS) is 12.9. The molecule has 1 atom stereocenters. The minimum atomic E-state index is 0.386. The molecule has 86 valence electrons. The third kappa shape index (κ3) is 2.64. The van der Waals surface area contributed by atoms with E-state index in [2.05, 4.69) is 22.3 Å². The molecular weight excluding hydrogens is 224 g/mol. The standard InChI is InChI=1S/C11H15ClN4/c1-9(3-2-6-12)14-10-5-8-16-11(15-10)4-7-13-16/h4-5,7-9H,2-3,6H2,1H3,(H,14,15). The van der Waals surface area contributed by atoms with E-state index in [4.69, 9.17) is 11.6 Å². The number of alkyl halides is 1. The minimum absolute atomic E-state index is 0.386. The predicted molar refractivity (Wildman–Crippen MR) is 66.0 cm³/mol. The van der Waals surface area contributed by atoms with Gasteiger partial charge in [0.15, 0.2) is 5.65 Å². The third-order valence-electron chi connectivity index (χ3n) is 2.42. The topological polar surface area (TPSA) is 42.2 Å². The van der Waals surface area contributed by atoms with Gasteiger partial charge in [0.2, 0.25) is 0 Å². The highest BCUT2D eigenvalue weighted by molar-refractivity contribution is 6.17. The number of fused-ring (bicyclic) bond motifs is 1. The van der Waals surface area contributed by atoms with Crippen molar-refractivity contribution in [2.24, 2.45) is 0 Å². The summed E-state index contributed by atoms with van der Waals surface area (Å²) in [6.07, 6.45) is 5.71. The second-order valence-electron chi connectivity index (χ2n) is 3.82. The molecule has 0 bridgehead atoms. The van der Waals surface area contributed by atoms with Crippen molar-refractivity contribution in [3.63, 3.8) is 0 Å². The molecule has 5 heteroatoms. The Morgan fingerprint density at radius 3 is 3.19 bits per heavy atom. The van der Waals surface area contributed by atoms with Crippen molar-refractivity contribution in [1.82, 2.24) is 14.6 Å². The summed E-state index contributed by atoms with van der Waals surface area (Å²) in [6, 6.07) is 4.20. The summed E-state index contributed by atoms with van der Waals surface area (Å²) in [6.45, 7) is 2.13. The van der Waals surface area contributed by atoms with Crippen LogP contribution < -0.4 is 5.32 Å². The lowest BCUT2D eigenvalue weighted by molar-refractivity contribution is 0.690. The molecule has 0 saturated heterocycles. The second-order valence-corrected chi connectivity index (χ2v) is 4.20. The van der Waals surface area contributed by atoms with Gasteiger partial charge in [0, 0.05) is 24.2 Å². The van der Waals surface area contributed by atoms with Crippen molar-refractivity contribution in [1.29, 1.82) is 0 Å². The summed E-state index contributed by atoms with van der Waals surface area (Å²) >= 11 is 5.66. The molecule has 0 radical (unpaired) electrons. The van der Waals surface area contributed by atoms with E-state index in [0.717, 1.165) is 24.3 Å². The van der Waals surface area contributed by atoms with Crippen LogP contribution in [0.3, 0.4) is 0 Å². The van der Waals surface area contributed by atoms with Gasteiger partial charge in [0.05, 0.1) is 6.20 Å². The zero-order valence-electron chi connectivity index (χ0n) is 9.23. The molecule has 1 unspecified atom stereocenters. The molecule has 0 amide bonds. The molecule has 16 heavy (non-hydrogen) atoms. The van der Waals surface area contributed by atoms with Crippen molar-refractivity contribution < 1.29 is 0 Å².